The Morgan fingerprint density at radius 3 is 2.63 bits per heavy atom. The van der Waals surface area contributed by atoms with Gasteiger partial charge < -0.3 is 4.74 Å². The van der Waals surface area contributed by atoms with Crippen molar-refractivity contribution < 1.29 is 17.9 Å². The van der Waals surface area contributed by atoms with Gasteiger partial charge in [-0.3, -0.25) is 0 Å². The minimum Gasteiger partial charge on any atom is -0.460 e. The molecule has 0 amide bonds. The molecule has 0 atom stereocenters. The molecule has 1 nitrogen and oxygen atoms in total. The van der Waals surface area contributed by atoms with Gasteiger partial charge in [0, 0.05) is 16.8 Å². The monoisotopic (exact) mass is 266 g/mol. The van der Waals surface area contributed by atoms with Crippen LogP contribution in [0.2, 0.25) is 0 Å². The maximum Gasteiger partial charge on any atom is 0.228 e. The molecule has 2 rings (SSSR count). The van der Waals surface area contributed by atoms with Crippen LogP contribution in [0.4, 0.5) is 13.2 Å². The number of benzene rings is 2. The van der Waals surface area contributed by atoms with Crippen molar-refractivity contribution in [2.75, 3.05) is 6.86 Å². The maximum absolute atomic E-state index is 13.9. The van der Waals surface area contributed by atoms with Crippen LogP contribution in [0.15, 0.2) is 36.9 Å². The Balaban J connectivity index is 2.52. The lowest BCUT2D eigenvalue weighted by Crippen LogP contribution is -1.97. The topological polar surface area (TPSA) is 9.23 Å². The Morgan fingerprint density at radius 2 is 1.95 bits per heavy atom. The number of ether oxygens (including phenoxy) is 1. The first-order chi connectivity index (χ1) is 9.17. The number of allylic oxidation sites excluding steroid dienone is 1. The van der Waals surface area contributed by atoms with Crippen LogP contribution in [0.3, 0.4) is 0 Å². The Hall–Kier alpha value is -1.97. The minimum atomic E-state index is -1.20. The highest BCUT2D eigenvalue weighted by Gasteiger charge is 2.13. The molecule has 0 spiro atoms. The number of aryl methyl sites for hydroxylation is 1. The van der Waals surface area contributed by atoms with E-state index in [9.17, 15) is 13.2 Å². The van der Waals surface area contributed by atoms with Crippen molar-refractivity contribution in [3.05, 3.63) is 54.1 Å². The van der Waals surface area contributed by atoms with Gasteiger partial charge in [0.1, 0.15) is 5.82 Å². The van der Waals surface area contributed by atoms with Gasteiger partial charge in [-0.05, 0) is 24.5 Å². The minimum absolute atomic E-state index is 0.0887. The first kappa shape index (κ1) is 13.5. The quantitative estimate of drug-likeness (QED) is 0.722. The van der Waals surface area contributed by atoms with E-state index in [1.54, 1.807) is 18.2 Å². The average molecular weight is 266 g/mol. The maximum atomic E-state index is 13.9. The summed E-state index contributed by atoms with van der Waals surface area (Å²) >= 11 is 0. The van der Waals surface area contributed by atoms with E-state index in [0.29, 0.717) is 6.42 Å². The van der Waals surface area contributed by atoms with E-state index in [1.807, 2.05) is 0 Å². The fourth-order valence-corrected chi connectivity index (χ4v) is 1.96. The third-order valence-electron chi connectivity index (χ3n) is 2.90. The predicted octanol–water partition coefficient (Wildman–Crippen LogP) is 4.54. The second-order valence-electron chi connectivity index (χ2n) is 4.13. The third kappa shape index (κ3) is 2.72. The molecule has 0 aromatic heterocycles. The number of hydrogen-bond acceptors (Lipinski definition) is 1. The first-order valence-corrected chi connectivity index (χ1v) is 5.87. The Morgan fingerprint density at radius 1 is 1.16 bits per heavy atom. The van der Waals surface area contributed by atoms with Crippen molar-refractivity contribution in [3.63, 3.8) is 0 Å². The Bertz CT molecular complexity index is 608. The van der Waals surface area contributed by atoms with Crippen LogP contribution in [0.1, 0.15) is 12.0 Å². The second kappa shape index (κ2) is 5.78. The van der Waals surface area contributed by atoms with Gasteiger partial charge in [0.15, 0.2) is 11.6 Å². The molecule has 0 saturated carbocycles. The van der Waals surface area contributed by atoms with Crippen molar-refractivity contribution >= 4 is 10.8 Å². The molecule has 0 unspecified atom stereocenters. The zero-order chi connectivity index (χ0) is 13.8. The van der Waals surface area contributed by atoms with E-state index >= 15 is 0 Å². The highest BCUT2D eigenvalue weighted by atomic mass is 19.1. The highest BCUT2D eigenvalue weighted by Crippen LogP contribution is 2.30. The zero-order valence-electron chi connectivity index (χ0n) is 10.3. The molecular formula is C15H13F3O. The summed E-state index contributed by atoms with van der Waals surface area (Å²) in [7, 11) is 0. The molecule has 4 heteroatoms. The molecule has 0 N–H and O–H groups in total. The molecule has 0 saturated heterocycles. The van der Waals surface area contributed by atoms with E-state index in [4.69, 9.17) is 0 Å². The van der Waals surface area contributed by atoms with Gasteiger partial charge in [-0.2, -0.15) is 0 Å². The lowest BCUT2D eigenvalue weighted by Gasteiger charge is -2.09. The standard InChI is InChI=1S/C15H13F3O/c1-2-3-4-10-5-6-11-12(7-10)13(17)8-14(15(11)18)19-9-16/h2,5-8H,1,3-4,9H2. The van der Waals surface area contributed by atoms with Crippen LogP contribution in [0.25, 0.3) is 10.8 Å². The van der Waals surface area contributed by atoms with Crippen molar-refractivity contribution in [3.8, 4) is 5.75 Å². The lowest BCUT2D eigenvalue weighted by atomic mass is 10.0. The van der Waals surface area contributed by atoms with Crippen LogP contribution in [0, 0.1) is 11.6 Å². The van der Waals surface area contributed by atoms with Gasteiger partial charge in [-0.1, -0.05) is 18.2 Å². The van der Waals surface area contributed by atoms with E-state index < -0.39 is 24.2 Å². The lowest BCUT2D eigenvalue weighted by molar-refractivity contribution is 0.184. The largest absolute Gasteiger partial charge is 0.460 e. The number of halogens is 3. The zero-order valence-corrected chi connectivity index (χ0v) is 10.3. The van der Waals surface area contributed by atoms with Crippen molar-refractivity contribution in [1.29, 1.82) is 0 Å². The normalized spacial score (nSPS) is 10.7. The van der Waals surface area contributed by atoms with Crippen LogP contribution in [-0.2, 0) is 6.42 Å². The van der Waals surface area contributed by atoms with Gasteiger partial charge in [0.05, 0.1) is 0 Å². The molecule has 0 fully saturated rings. The average Bonchev–Trinajstić information content (AvgIpc) is 2.42. The molecular weight excluding hydrogens is 253 g/mol. The molecule has 19 heavy (non-hydrogen) atoms. The fourth-order valence-electron chi connectivity index (χ4n) is 1.96. The van der Waals surface area contributed by atoms with Gasteiger partial charge in [0.25, 0.3) is 0 Å². The summed E-state index contributed by atoms with van der Waals surface area (Å²) in [6.07, 6.45) is 3.24. The van der Waals surface area contributed by atoms with Crippen LogP contribution >= 0.6 is 0 Å². The molecule has 0 aliphatic rings. The molecule has 2 aromatic carbocycles. The van der Waals surface area contributed by atoms with E-state index in [-0.39, 0.29) is 10.8 Å². The molecule has 100 valence electrons. The summed E-state index contributed by atoms with van der Waals surface area (Å²) in [5.74, 6) is -1.78. The van der Waals surface area contributed by atoms with Gasteiger partial charge in [0.2, 0.25) is 6.86 Å². The van der Waals surface area contributed by atoms with Gasteiger partial charge in [-0.15, -0.1) is 6.58 Å². The molecule has 0 aliphatic carbocycles. The van der Waals surface area contributed by atoms with E-state index in [1.165, 1.54) is 6.07 Å². The molecule has 0 radical (unpaired) electrons. The Labute approximate surface area is 109 Å². The summed E-state index contributed by atoms with van der Waals surface area (Å²) < 4.78 is 44.3. The molecule has 0 heterocycles. The first-order valence-electron chi connectivity index (χ1n) is 5.87. The van der Waals surface area contributed by atoms with Gasteiger partial charge in [-0.25, -0.2) is 13.2 Å². The van der Waals surface area contributed by atoms with E-state index in [0.717, 1.165) is 18.1 Å². The summed E-state index contributed by atoms with van der Waals surface area (Å²) in [4.78, 5) is 0. The van der Waals surface area contributed by atoms with Crippen molar-refractivity contribution in [2.24, 2.45) is 0 Å². The van der Waals surface area contributed by atoms with Crippen LogP contribution in [0.5, 0.6) is 5.75 Å². The smallest absolute Gasteiger partial charge is 0.228 e. The van der Waals surface area contributed by atoms with Gasteiger partial charge >= 0.3 is 0 Å². The summed E-state index contributed by atoms with van der Waals surface area (Å²) in [5.41, 5.74) is 0.893. The van der Waals surface area contributed by atoms with E-state index in [2.05, 4.69) is 11.3 Å². The molecule has 0 aliphatic heterocycles. The number of fused-ring (bicyclic) bond motifs is 1. The highest BCUT2D eigenvalue weighted by molar-refractivity contribution is 5.86. The fraction of sp³-hybridized carbons (Fsp3) is 0.200. The molecule has 0 bridgehead atoms. The number of hydrogen-bond donors (Lipinski definition) is 0. The van der Waals surface area contributed by atoms with Crippen molar-refractivity contribution in [2.45, 2.75) is 12.8 Å². The third-order valence-corrected chi connectivity index (χ3v) is 2.90. The predicted molar refractivity (Wildman–Crippen MR) is 69.0 cm³/mol. The number of rotatable bonds is 5. The molecule has 2 aromatic rings. The van der Waals surface area contributed by atoms with Crippen LogP contribution in [-0.4, -0.2) is 6.86 Å². The Kier molecular flexibility index (Phi) is 4.10. The van der Waals surface area contributed by atoms with Crippen LogP contribution < -0.4 is 4.74 Å². The summed E-state index contributed by atoms with van der Waals surface area (Å²) in [6, 6.07) is 5.66. The number of alkyl halides is 1. The SMILES string of the molecule is C=CCCc1ccc2c(F)c(OCF)cc(F)c2c1. The van der Waals surface area contributed by atoms with Crippen molar-refractivity contribution in [1.82, 2.24) is 0 Å². The summed E-state index contributed by atoms with van der Waals surface area (Å²) in [6.45, 7) is 2.42. The second-order valence-corrected chi connectivity index (χ2v) is 4.13. The summed E-state index contributed by atoms with van der Waals surface area (Å²) in [5, 5.41) is 0.260.